The zero-order chi connectivity index (χ0) is 17.2. The fraction of sp³-hybridized carbons (Fsp3) is 0.375. The second kappa shape index (κ2) is 6.64. The highest BCUT2D eigenvalue weighted by Crippen LogP contribution is 2.19. The lowest BCUT2D eigenvalue weighted by Crippen LogP contribution is -2.34. The quantitative estimate of drug-likeness (QED) is 0.819. The van der Waals surface area contributed by atoms with E-state index in [1.807, 2.05) is 6.07 Å². The van der Waals surface area contributed by atoms with Crippen molar-refractivity contribution in [2.75, 3.05) is 0 Å². The molecule has 2 rings (SSSR count). The number of Topliss-reactive ketones (excluding diaryl/α,β-unsaturated/α-hetero) is 1. The molecule has 0 aliphatic carbocycles. The average Bonchev–Trinajstić information content (AvgIpc) is 2.72. The van der Waals surface area contributed by atoms with E-state index < -0.39 is 16.1 Å². The molecule has 1 N–H and O–H groups in total. The van der Waals surface area contributed by atoms with E-state index in [0.717, 1.165) is 0 Å². The van der Waals surface area contributed by atoms with E-state index in [1.54, 1.807) is 52.1 Å². The Labute approximate surface area is 136 Å². The van der Waals surface area contributed by atoms with Crippen LogP contribution in [0.5, 0.6) is 0 Å². The van der Waals surface area contributed by atoms with Crippen LogP contribution in [0, 0.1) is 13.8 Å². The van der Waals surface area contributed by atoms with E-state index in [-0.39, 0.29) is 17.1 Å². The number of ketones is 1. The van der Waals surface area contributed by atoms with Crippen molar-refractivity contribution < 1.29 is 13.2 Å². The van der Waals surface area contributed by atoms with Crippen LogP contribution in [0.4, 0.5) is 0 Å². The summed E-state index contributed by atoms with van der Waals surface area (Å²) in [6, 6.07) is 8.33. The van der Waals surface area contributed by atoms with Gasteiger partial charge in [-0.25, -0.2) is 13.1 Å². The SMILES string of the molecule is Cc1nn(C)c(C)c1S(=O)(=O)N[C@@H](C)CC(=O)c1ccccc1. The second-order valence-corrected chi connectivity index (χ2v) is 7.29. The van der Waals surface area contributed by atoms with Gasteiger partial charge in [0.2, 0.25) is 10.0 Å². The van der Waals surface area contributed by atoms with Crippen molar-refractivity contribution in [3.63, 3.8) is 0 Å². The van der Waals surface area contributed by atoms with E-state index in [9.17, 15) is 13.2 Å². The summed E-state index contributed by atoms with van der Waals surface area (Å²) in [6.45, 7) is 5.04. The van der Waals surface area contributed by atoms with Crippen LogP contribution in [0.3, 0.4) is 0 Å². The molecule has 1 aromatic heterocycles. The minimum Gasteiger partial charge on any atom is -0.294 e. The van der Waals surface area contributed by atoms with Crippen LogP contribution < -0.4 is 4.72 Å². The summed E-state index contributed by atoms with van der Waals surface area (Å²) in [6.07, 6.45) is 0.0988. The molecule has 0 fully saturated rings. The number of nitrogens with one attached hydrogen (secondary N) is 1. The Morgan fingerprint density at radius 2 is 1.87 bits per heavy atom. The summed E-state index contributed by atoms with van der Waals surface area (Å²) < 4.78 is 29.2. The molecule has 23 heavy (non-hydrogen) atoms. The molecular weight excluding hydrogens is 314 g/mol. The van der Waals surface area contributed by atoms with Gasteiger partial charge in [-0.1, -0.05) is 30.3 Å². The molecule has 124 valence electrons. The van der Waals surface area contributed by atoms with Crippen molar-refractivity contribution in [3.8, 4) is 0 Å². The lowest BCUT2D eigenvalue weighted by atomic mass is 10.1. The zero-order valence-corrected chi connectivity index (χ0v) is 14.5. The van der Waals surface area contributed by atoms with Crippen LogP contribution in [0.15, 0.2) is 35.2 Å². The molecule has 0 bridgehead atoms. The minimum absolute atomic E-state index is 0.0968. The van der Waals surface area contributed by atoms with Crippen LogP contribution in [-0.2, 0) is 17.1 Å². The smallest absolute Gasteiger partial charge is 0.244 e. The number of carbonyl (C=O) groups is 1. The molecule has 1 atom stereocenters. The first-order chi connectivity index (χ1) is 10.7. The number of hydrogen-bond donors (Lipinski definition) is 1. The molecule has 0 radical (unpaired) electrons. The number of hydrogen-bond acceptors (Lipinski definition) is 4. The number of aryl methyl sites for hydroxylation is 2. The molecular formula is C16H21N3O3S. The molecule has 0 amide bonds. The number of rotatable bonds is 6. The standard InChI is InChI=1S/C16H21N3O3S/c1-11(10-15(20)14-8-6-5-7-9-14)18-23(21,22)16-12(2)17-19(4)13(16)3/h5-9,11,18H,10H2,1-4H3/t11-/m0/s1. The van der Waals surface area contributed by atoms with Crippen LogP contribution in [0.1, 0.15) is 35.1 Å². The van der Waals surface area contributed by atoms with Gasteiger partial charge in [-0.15, -0.1) is 0 Å². The summed E-state index contributed by atoms with van der Waals surface area (Å²) in [5.41, 5.74) is 1.59. The Balaban J connectivity index is 2.13. The molecule has 7 heteroatoms. The third-order valence-electron chi connectivity index (χ3n) is 3.66. The van der Waals surface area contributed by atoms with Gasteiger partial charge < -0.3 is 0 Å². The largest absolute Gasteiger partial charge is 0.294 e. The van der Waals surface area contributed by atoms with Crippen molar-refractivity contribution in [3.05, 3.63) is 47.3 Å². The minimum atomic E-state index is -3.71. The summed E-state index contributed by atoms with van der Waals surface area (Å²) in [5.74, 6) is -0.0968. The van der Waals surface area contributed by atoms with Crippen LogP contribution in [0.2, 0.25) is 0 Å². The fourth-order valence-corrected chi connectivity index (χ4v) is 4.21. The first kappa shape index (κ1) is 17.4. The van der Waals surface area contributed by atoms with Gasteiger partial charge >= 0.3 is 0 Å². The van der Waals surface area contributed by atoms with E-state index in [0.29, 0.717) is 17.0 Å². The van der Waals surface area contributed by atoms with Crippen LogP contribution in [-0.4, -0.2) is 30.0 Å². The van der Waals surface area contributed by atoms with E-state index >= 15 is 0 Å². The summed E-state index contributed by atoms with van der Waals surface area (Å²) >= 11 is 0. The normalized spacial score (nSPS) is 13.0. The lowest BCUT2D eigenvalue weighted by Gasteiger charge is -2.14. The molecule has 0 unspecified atom stereocenters. The highest BCUT2D eigenvalue weighted by Gasteiger charge is 2.26. The van der Waals surface area contributed by atoms with Gasteiger partial charge in [-0.3, -0.25) is 9.48 Å². The number of nitrogens with zero attached hydrogens (tertiary/aromatic N) is 2. The Bertz CT molecular complexity index is 811. The molecule has 1 aromatic carbocycles. The predicted octanol–water partition coefficient (Wildman–Crippen LogP) is 1.98. The summed E-state index contributed by atoms with van der Waals surface area (Å²) in [7, 11) is -2.02. The lowest BCUT2D eigenvalue weighted by molar-refractivity contribution is 0.0975. The van der Waals surface area contributed by atoms with Crippen molar-refractivity contribution in [2.45, 2.75) is 38.1 Å². The monoisotopic (exact) mass is 335 g/mol. The van der Waals surface area contributed by atoms with Crippen LogP contribution in [0.25, 0.3) is 0 Å². The van der Waals surface area contributed by atoms with Gasteiger partial charge in [0.15, 0.2) is 5.78 Å². The molecule has 6 nitrogen and oxygen atoms in total. The Kier molecular flexibility index (Phi) is 5.01. The van der Waals surface area contributed by atoms with Crippen LogP contribution >= 0.6 is 0 Å². The van der Waals surface area contributed by atoms with E-state index in [2.05, 4.69) is 9.82 Å². The van der Waals surface area contributed by atoms with E-state index in [1.165, 1.54) is 4.68 Å². The van der Waals surface area contributed by atoms with Gasteiger partial charge in [0, 0.05) is 25.1 Å². The Hall–Kier alpha value is -1.99. The molecule has 1 heterocycles. The predicted molar refractivity (Wildman–Crippen MR) is 87.9 cm³/mol. The third-order valence-corrected chi connectivity index (χ3v) is 5.50. The number of carbonyl (C=O) groups excluding carboxylic acids is 1. The third kappa shape index (κ3) is 3.86. The first-order valence-electron chi connectivity index (χ1n) is 7.33. The second-order valence-electron chi connectivity index (χ2n) is 5.64. The summed E-state index contributed by atoms with van der Waals surface area (Å²) in [4.78, 5) is 12.3. The molecule has 0 saturated heterocycles. The number of sulfonamides is 1. The van der Waals surface area contributed by atoms with Gasteiger partial charge in [-0.05, 0) is 20.8 Å². The van der Waals surface area contributed by atoms with Crippen molar-refractivity contribution in [1.82, 2.24) is 14.5 Å². The van der Waals surface area contributed by atoms with Crippen molar-refractivity contribution in [1.29, 1.82) is 0 Å². The fourth-order valence-electron chi connectivity index (χ4n) is 2.53. The zero-order valence-electron chi connectivity index (χ0n) is 13.7. The molecule has 2 aromatic rings. The van der Waals surface area contributed by atoms with Gasteiger partial charge in [0.1, 0.15) is 4.90 Å². The van der Waals surface area contributed by atoms with E-state index in [4.69, 9.17) is 0 Å². The molecule has 0 saturated carbocycles. The highest BCUT2D eigenvalue weighted by atomic mass is 32.2. The topological polar surface area (TPSA) is 81.1 Å². The Morgan fingerprint density at radius 1 is 1.26 bits per heavy atom. The van der Waals surface area contributed by atoms with Crippen molar-refractivity contribution >= 4 is 15.8 Å². The van der Waals surface area contributed by atoms with Gasteiger partial charge in [0.05, 0.1) is 11.4 Å². The maximum Gasteiger partial charge on any atom is 0.244 e. The molecule has 0 aliphatic rings. The van der Waals surface area contributed by atoms with Crippen molar-refractivity contribution in [2.24, 2.45) is 7.05 Å². The number of benzene rings is 1. The number of aromatic nitrogens is 2. The Morgan fingerprint density at radius 3 is 2.39 bits per heavy atom. The molecule has 0 spiro atoms. The molecule has 0 aliphatic heterocycles. The maximum absolute atomic E-state index is 12.5. The maximum atomic E-state index is 12.5. The summed E-state index contributed by atoms with van der Waals surface area (Å²) in [5, 5.41) is 4.12. The van der Waals surface area contributed by atoms with Gasteiger partial charge in [0.25, 0.3) is 0 Å². The highest BCUT2D eigenvalue weighted by molar-refractivity contribution is 7.89. The van der Waals surface area contributed by atoms with Gasteiger partial charge in [-0.2, -0.15) is 5.10 Å². The average molecular weight is 335 g/mol. The first-order valence-corrected chi connectivity index (χ1v) is 8.81.